The highest BCUT2D eigenvalue weighted by Crippen LogP contribution is 2.38. The van der Waals surface area contributed by atoms with Gasteiger partial charge in [0.05, 0.1) is 12.4 Å². The van der Waals surface area contributed by atoms with Gasteiger partial charge in [-0.15, -0.1) is 11.8 Å². The third kappa shape index (κ3) is 2.79. The van der Waals surface area contributed by atoms with Gasteiger partial charge in [-0.3, -0.25) is 4.79 Å². The molecule has 2 atom stereocenters. The largest absolute Gasteiger partial charge is 0.467 e. The van der Waals surface area contributed by atoms with Crippen molar-refractivity contribution in [3.63, 3.8) is 0 Å². The number of carbonyl (C=O) groups is 2. The van der Waals surface area contributed by atoms with Crippen molar-refractivity contribution < 1.29 is 14.3 Å². The van der Waals surface area contributed by atoms with Crippen LogP contribution in [0.15, 0.2) is 29.2 Å². The molecule has 1 saturated heterocycles. The average molecular weight is 305 g/mol. The number of methoxy groups -OCH3 is 1. The van der Waals surface area contributed by atoms with Crippen molar-refractivity contribution in [2.45, 2.75) is 41.9 Å². The smallest absolute Gasteiger partial charge is 0.328 e. The predicted octanol–water partition coefficient (Wildman–Crippen LogP) is 2.26. The first-order valence-electron chi connectivity index (χ1n) is 7.33. The van der Waals surface area contributed by atoms with Crippen molar-refractivity contribution in [1.29, 1.82) is 0 Å². The van der Waals surface area contributed by atoms with Gasteiger partial charge < -0.3 is 9.64 Å². The lowest BCUT2D eigenvalue weighted by atomic mass is 10.0. The molecule has 2 heterocycles. The highest BCUT2D eigenvalue weighted by atomic mass is 32.2. The van der Waals surface area contributed by atoms with E-state index in [1.165, 1.54) is 17.6 Å². The minimum atomic E-state index is -0.402. The molecule has 0 bridgehead atoms. The lowest BCUT2D eigenvalue weighted by Crippen LogP contribution is -2.51. The number of amides is 1. The minimum Gasteiger partial charge on any atom is -0.467 e. The van der Waals surface area contributed by atoms with Crippen molar-refractivity contribution in [3.05, 3.63) is 29.8 Å². The lowest BCUT2D eigenvalue weighted by molar-refractivity contribution is -0.154. The second kappa shape index (κ2) is 6.10. The summed E-state index contributed by atoms with van der Waals surface area (Å²) in [6.07, 6.45) is 3.40. The molecule has 2 aliphatic rings. The standard InChI is InChI=1S/C16H19NO3S/c1-20-16(19)12-7-4-5-9-17(12)15(18)14-10-11-6-2-3-8-13(11)21-14/h2-3,6,8,12,14H,4-5,7,9-10H2,1H3/t12-,14?/m1/s1. The third-order valence-corrected chi connectivity index (χ3v) is 5.49. The van der Waals surface area contributed by atoms with Crippen LogP contribution < -0.4 is 0 Å². The molecular formula is C16H19NO3S. The molecule has 0 aromatic heterocycles. The van der Waals surface area contributed by atoms with E-state index in [4.69, 9.17) is 4.74 Å². The van der Waals surface area contributed by atoms with E-state index in [9.17, 15) is 9.59 Å². The molecule has 1 fully saturated rings. The summed E-state index contributed by atoms with van der Waals surface area (Å²) in [4.78, 5) is 27.6. The summed E-state index contributed by atoms with van der Waals surface area (Å²) in [6, 6.07) is 7.73. The van der Waals surface area contributed by atoms with E-state index in [1.54, 1.807) is 16.7 Å². The van der Waals surface area contributed by atoms with Crippen LogP contribution in [0.1, 0.15) is 24.8 Å². The monoisotopic (exact) mass is 305 g/mol. The first-order chi connectivity index (χ1) is 10.2. The Hall–Kier alpha value is -1.49. The summed E-state index contributed by atoms with van der Waals surface area (Å²) in [7, 11) is 1.39. The Labute approximate surface area is 128 Å². The number of rotatable bonds is 2. The van der Waals surface area contributed by atoms with E-state index < -0.39 is 6.04 Å². The molecule has 2 aliphatic heterocycles. The van der Waals surface area contributed by atoms with E-state index >= 15 is 0 Å². The van der Waals surface area contributed by atoms with Crippen LogP contribution in [0.4, 0.5) is 0 Å². The van der Waals surface area contributed by atoms with Crippen molar-refractivity contribution in [1.82, 2.24) is 4.90 Å². The zero-order valence-corrected chi connectivity index (χ0v) is 12.9. The number of nitrogens with zero attached hydrogens (tertiary/aromatic N) is 1. The van der Waals surface area contributed by atoms with Gasteiger partial charge in [0.15, 0.2) is 0 Å². The second-order valence-corrected chi connectivity index (χ2v) is 6.73. The number of fused-ring (bicyclic) bond motifs is 1. The van der Waals surface area contributed by atoms with Gasteiger partial charge in [0.2, 0.25) is 5.91 Å². The van der Waals surface area contributed by atoms with Gasteiger partial charge >= 0.3 is 5.97 Å². The number of likely N-dealkylation sites (tertiary alicyclic amines) is 1. The molecule has 0 radical (unpaired) electrons. The van der Waals surface area contributed by atoms with Gasteiger partial charge in [-0.2, -0.15) is 0 Å². The lowest BCUT2D eigenvalue weighted by Gasteiger charge is -2.35. The van der Waals surface area contributed by atoms with E-state index in [0.717, 1.165) is 19.3 Å². The van der Waals surface area contributed by atoms with Crippen LogP contribution in [0.5, 0.6) is 0 Å². The quantitative estimate of drug-likeness (QED) is 0.786. The number of piperidine rings is 1. The van der Waals surface area contributed by atoms with Crippen LogP contribution >= 0.6 is 11.8 Å². The molecule has 0 aliphatic carbocycles. The van der Waals surface area contributed by atoms with E-state index in [1.807, 2.05) is 12.1 Å². The Morgan fingerprint density at radius 1 is 1.29 bits per heavy atom. The predicted molar refractivity (Wildman–Crippen MR) is 81.2 cm³/mol. The van der Waals surface area contributed by atoms with Gasteiger partial charge in [-0.25, -0.2) is 4.79 Å². The molecule has 1 aromatic carbocycles. The zero-order valence-electron chi connectivity index (χ0n) is 12.1. The maximum Gasteiger partial charge on any atom is 0.328 e. The number of benzene rings is 1. The molecule has 4 nitrogen and oxygen atoms in total. The first-order valence-corrected chi connectivity index (χ1v) is 8.21. The molecule has 1 unspecified atom stereocenters. The van der Waals surface area contributed by atoms with Gasteiger partial charge in [-0.1, -0.05) is 18.2 Å². The first kappa shape index (κ1) is 14.4. The zero-order chi connectivity index (χ0) is 14.8. The Balaban J connectivity index is 1.74. The number of thioether (sulfide) groups is 1. The summed E-state index contributed by atoms with van der Waals surface area (Å²) < 4.78 is 4.85. The number of carbonyl (C=O) groups excluding carboxylic acids is 2. The number of hydrogen-bond donors (Lipinski definition) is 0. The third-order valence-electron chi connectivity index (χ3n) is 4.18. The molecule has 0 spiro atoms. The van der Waals surface area contributed by atoms with Crippen LogP contribution in [0.3, 0.4) is 0 Å². The van der Waals surface area contributed by atoms with E-state index in [-0.39, 0.29) is 17.1 Å². The maximum atomic E-state index is 12.8. The molecule has 0 saturated carbocycles. The number of ether oxygens (including phenoxy) is 1. The maximum absolute atomic E-state index is 12.8. The summed E-state index contributed by atoms with van der Waals surface area (Å²) >= 11 is 1.62. The topological polar surface area (TPSA) is 46.6 Å². The van der Waals surface area contributed by atoms with E-state index in [0.29, 0.717) is 13.0 Å². The Morgan fingerprint density at radius 2 is 2.10 bits per heavy atom. The van der Waals surface area contributed by atoms with Gasteiger partial charge in [0.25, 0.3) is 0 Å². The van der Waals surface area contributed by atoms with Crippen LogP contribution in [0.25, 0.3) is 0 Å². The van der Waals surface area contributed by atoms with Crippen LogP contribution in [-0.2, 0) is 20.7 Å². The summed E-state index contributed by atoms with van der Waals surface area (Å²) in [6.45, 7) is 0.659. The fourth-order valence-corrected chi connectivity index (χ4v) is 4.35. The summed E-state index contributed by atoms with van der Waals surface area (Å²) in [5.74, 6) is -0.213. The Morgan fingerprint density at radius 3 is 2.86 bits per heavy atom. The van der Waals surface area contributed by atoms with Gasteiger partial charge in [-0.05, 0) is 37.3 Å². The molecule has 1 amide bonds. The van der Waals surface area contributed by atoms with Crippen LogP contribution in [-0.4, -0.2) is 41.7 Å². The summed E-state index contributed by atoms with van der Waals surface area (Å²) in [5, 5.41) is -0.104. The normalized spacial score (nSPS) is 24.5. The number of esters is 1. The van der Waals surface area contributed by atoms with Crippen molar-refractivity contribution >= 4 is 23.6 Å². The SMILES string of the molecule is COC(=O)[C@H]1CCCCN1C(=O)C1Cc2ccccc2S1. The van der Waals surface area contributed by atoms with Gasteiger partial charge in [0, 0.05) is 11.4 Å². The minimum absolute atomic E-state index is 0.0753. The van der Waals surface area contributed by atoms with Crippen molar-refractivity contribution in [3.8, 4) is 0 Å². The highest BCUT2D eigenvalue weighted by molar-refractivity contribution is 8.01. The molecule has 0 N–H and O–H groups in total. The van der Waals surface area contributed by atoms with Gasteiger partial charge in [0.1, 0.15) is 6.04 Å². The molecular weight excluding hydrogens is 286 g/mol. The average Bonchev–Trinajstić information content (AvgIpc) is 2.97. The molecule has 3 rings (SSSR count). The van der Waals surface area contributed by atoms with E-state index in [2.05, 4.69) is 12.1 Å². The summed E-state index contributed by atoms with van der Waals surface area (Å²) in [5.41, 5.74) is 1.23. The fourth-order valence-electron chi connectivity index (χ4n) is 3.08. The van der Waals surface area contributed by atoms with Crippen LogP contribution in [0.2, 0.25) is 0 Å². The molecule has 112 valence electrons. The van der Waals surface area contributed by atoms with Crippen LogP contribution in [0, 0.1) is 0 Å². The Bertz CT molecular complexity index is 535. The van der Waals surface area contributed by atoms with Crippen molar-refractivity contribution in [2.24, 2.45) is 0 Å². The fraction of sp³-hybridized carbons (Fsp3) is 0.500. The number of hydrogen-bond acceptors (Lipinski definition) is 4. The highest BCUT2D eigenvalue weighted by Gasteiger charge is 2.38. The molecule has 5 heteroatoms. The second-order valence-electron chi connectivity index (χ2n) is 5.48. The molecule has 21 heavy (non-hydrogen) atoms. The Kier molecular flexibility index (Phi) is 4.19. The molecule has 1 aromatic rings. The van der Waals surface area contributed by atoms with Crippen molar-refractivity contribution in [2.75, 3.05) is 13.7 Å².